The first-order valence-electron chi connectivity index (χ1n) is 6.95. The van der Waals surface area contributed by atoms with Crippen LogP contribution in [-0.4, -0.2) is 37.0 Å². The fourth-order valence-corrected chi connectivity index (χ4v) is 2.19. The van der Waals surface area contributed by atoms with Gasteiger partial charge < -0.3 is 16.0 Å². The highest BCUT2D eigenvalue weighted by atomic mass is 79.9. The van der Waals surface area contributed by atoms with E-state index < -0.39 is 0 Å². The summed E-state index contributed by atoms with van der Waals surface area (Å²) >= 11 is 3.37. The number of hydrogen-bond acceptors (Lipinski definition) is 3. The quantitative estimate of drug-likeness (QED) is 0.592. The molecule has 1 amide bonds. The second kappa shape index (κ2) is 8.27. The highest BCUT2D eigenvalue weighted by Gasteiger charge is 2.09. The summed E-state index contributed by atoms with van der Waals surface area (Å²) < 4.78 is 0.767. The van der Waals surface area contributed by atoms with Crippen LogP contribution in [0.1, 0.15) is 37.0 Å². The number of carbonyl (C=O) groups excluding carboxylic acids is 1. The first kappa shape index (κ1) is 17.0. The lowest BCUT2D eigenvalue weighted by Crippen LogP contribution is -2.29. The zero-order valence-corrected chi connectivity index (χ0v) is 14.0. The van der Waals surface area contributed by atoms with Crippen LogP contribution in [0.4, 0.5) is 5.69 Å². The average molecular weight is 342 g/mol. The number of benzene rings is 1. The van der Waals surface area contributed by atoms with Crippen molar-refractivity contribution >= 4 is 27.5 Å². The largest absolute Gasteiger partial charge is 0.399 e. The lowest BCUT2D eigenvalue weighted by atomic mass is 10.2. The van der Waals surface area contributed by atoms with Gasteiger partial charge in [-0.1, -0.05) is 0 Å². The molecule has 0 atom stereocenters. The van der Waals surface area contributed by atoms with Crippen LogP contribution in [0.3, 0.4) is 0 Å². The number of unbranched alkanes of at least 4 members (excludes halogenated alkanes) is 1. The molecule has 0 saturated carbocycles. The number of hydrogen-bond donors (Lipinski definition) is 2. The van der Waals surface area contributed by atoms with Gasteiger partial charge in [0, 0.05) is 22.7 Å². The molecule has 1 aromatic rings. The molecule has 0 aliphatic rings. The summed E-state index contributed by atoms with van der Waals surface area (Å²) in [5, 5.41) is 2.93. The van der Waals surface area contributed by atoms with E-state index in [1.165, 1.54) is 0 Å². The molecule has 0 radical (unpaired) electrons. The molecular weight excluding hydrogens is 318 g/mol. The Morgan fingerprint density at radius 1 is 1.40 bits per heavy atom. The number of amides is 1. The van der Waals surface area contributed by atoms with E-state index in [-0.39, 0.29) is 5.91 Å². The van der Waals surface area contributed by atoms with Crippen LogP contribution < -0.4 is 11.1 Å². The lowest BCUT2D eigenvalue weighted by Gasteiger charge is -2.20. The highest BCUT2D eigenvalue weighted by Crippen LogP contribution is 2.19. The number of nitrogens with one attached hydrogen (secondary N) is 1. The van der Waals surface area contributed by atoms with Crippen LogP contribution in [-0.2, 0) is 0 Å². The third-order valence-electron chi connectivity index (χ3n) is 3.34. The van der Waals surface area contributed by atoms with Gasteiger partial charge in [0.15, 0.2) is 0 Å². The standard InChI is InChI=1S/C15H24BrN3O/c1-11(2)19(3)9-5-4-8-18-15(20)13-10-12(17)6-7-14(13)16/h6-7,10-11H,4-5,8-9,17H2,1-3H3,(H,18,20). The molecule has 0 bridgehead atoms. The summed E-state index contributed by atoms with van der Waals surface area (Å²) in [5.41, 5.74) is 6.88. The van der Waals surface area contributed by atoms with Crippen LogP contribution in [0.15, 0.2) is 22.7 Å². The maximum Gasteiger partial charge on any atom is 0.252 e. The van der Waals surface area contributed by atoms with Gasteiger partial charge in [-0.15, -0.1) is 0 Å². The first-order chi connectivity index (χ1) is 9.41. The Morgan fingerprint density at radius 3 is 2.75 bits per heavy atom. The minimum absolute atomic E-state index is 0.0820. The fraction of sp³-hybridized carbons (Fsp3) is 0.533. The maximum absolute atomic E-state index is 12.0. The topological polar surface area (TPSA) is 58.4 Å². The van der Waals surface area contributed by atoms with E-state index in [1.54, 1.807) is 18.2 Å². The fourth-order valence-electron chi connectivity index (χ4n) is 1.76. The van der Waals surface area contributed by atoms with Crippen molar-refractivity contribution in [3.63, 3.8) is 0 Å². The summed E-state index contributed by atoms with van der Waals surface area (Å²) in [6.07, 6.45) is 2.05. The maximum atomic E-state index is 12.0. The van der Waals surface area contributed by atoms with Crippen molar-refractivity contribution in [3.05, 3.63) is 28.2 Å². The van der Waals surface area contributed by atoms with Crippen LogP contribution in [0.2, 0.25) is 0 Å². The van der Waals surface area contributed by atoms with Crippen molar-refractivity contribution in [1.29, 1.82) is 0 Å². The molecule has 0 heterocycles. The molecule has 0 aliphatic heterocycles. The van der Waals surface area contributed by atoms with Crippen molar-refractivity contribution in [2.75, 3.05) is 25.9 Å². The Labute approximate surface area is 129 Å². The second-order valence-corrected chi connectivity index (χ2v) is 6.13. The van der Waals surface area contributed by atoms with Gasteiger partial charge in [-0.3, -0.25) is 4.79 Å². The van der Waals surface area contributed by atoms with Gasteiger partial charge >= 0.3 is 0 Å². The number of anilines is 1. The lowest BCUT2D eigenvalue weighted by molar-refractivity contribution is 0.0951. The van der Waals surface area contributed by atoms with Gasteiger partial charge in [-0.2, -0.15) is 0 Å². The zero-order valence-electron chi connectivity index (χ0n) is 12.4. The van der Waals surface area contributed by atoms with Gasteiger partial charge in [0.05, 0.1) is 5.56 Å². The Hall–Kier alpha value is -1.07. The van der Waals surface area contributed by atoms with Crippen molar-refractivity contribution in [2.45, 2.75) is 32.7 Å². The molecule has 112 valence electrons. The predicted octanol–water partition coefficient (Wildman–Crippen LogP) is 2.88. The highest BCUT2D eigenvalue weighted by molar-refractivity contribution is 9.10. The Kier molecular flexibility index (Phi) is 7.02. The van der Waals surface area contributed by atoms with Gasteiger partial charge in [0.2, 0.25) is 0 Å². The molecule has 0 fully saturated rings. The first-order valence-corrected chi connectivity index (χ1v) is 7.74. The molecule has 20 heavy (non-hydrogen) atoms. The summed E-state index contributed by atoms with van der Waals surface area (Å²) in [6.45, 7) is 6.10. The van der Waals surface area contributed by atoms with E-state index in [0.29, 0.717) is 23.8 Å². The molecule has 0 spiro atoms. The normalized spacial score (nSPS) is 11.1. The van der Waals surface area contributed by atoms with E-state index >= 15 is 0 Å². The van der Waals surface area contributed by atoms with Gasteiger partial charge in [-0.05, 0) is 74.4 Å². The molecule has 0 saturated heterocycles. The van der Waals surface area contributed by atoms with Gasteiger partial charge in [0.25, 0.3) is 5.91 Å². The van der Waals surface area contributed by atoms with E-state index in [1.807, 2.05) is 0 Å². The third-order valence-corrected chi connectivity index (χ3v) is 4.03. The zero-order chi connectivity index (χ0) is 15.1. The number of nitrogen functional groups attached to an aromatic ring is 1. The number of nitrogens with two attached hydrogens (primary N) is 1. The molecule has 1 aromatic carbocycles. The monoisotopic (exact) mass is 341 g/mol. The SMILES string of the molecule is CC(C)N(C)CCCCNC(=O)c1cc(N)ccc1Br. The van der Waals surface area contributed by atoms with Crippen LogP contribution in [0, 0.1) is 0 Å². The molecule has 0 unspecified atom stereocenters. The van der Waals surface area contributed by atoms with E-state index in [0.717, 1.165) is 23.9 Å². The molecule has 0 aliphatic carbocycles. The molecule has 1 rings (SSSR count). The van der Waals surface area contributed by atoms with Crippen molar-refractivity contribution < 1.29 is 4.79 Å². The number of nitrogens with zero attached hydrogens (tertiary/aromatic N) is 1. The molecular formula is C15H24BrN3O. The van der Waals surface area contributed by atoms with Crippen LogP contribution in [0.25, 0.3) is 0 Å². The predicted molar refractivity (Wildman–Crippen MR) is 87.9 cm³/mol. The van der Waals surface area contributed by atoms with Gasteiger partial charge in [0.1, 0.15) is 0 Å². The van der Waals surface area contributed by atoms with E-state index in [2.05, 4.69) is 47.0 Å². The summed E-state index contributed by atoms with van der Waals surface area (Å²) in [6, 6.07) is 5.81. The minimum atomic E-state index is -0.0820. The Bertz CT molecular complexity index is 449. The molecule has 3 N–H and O–H groups in total. The van der Waals surface area contributed by atoms with Crippen LogP contribution >= 0.6 is 15.9 Å². The number of rotatable bonds is 7. The van der Waals surface area contributed by atoms with E-state index in [9.17, 15) is 4.79 Å². The van der Waals surface area contributed by atoms with Crippen molar-refractivity contribution in [3.8, 4) is 0 Å². The minimum Gasteiger partial charge on any atom is -0.399 e. The Morgan fingerprint density at radius 2 is 2.10 bits per heavy atom. The van der Waals surface area contributed by atoms with Crippen molar-refractivity contribution in [1.82, 2.24) is 10.2 Å². The summed E-state index contributed by atoms with van der Waals surface area (Å²) in [5.74, 6) is -0.0820. The molecule has 0 aromatic heterocycles. The van der Waals surface area contributed by atoms with Crippen molar-refractivity contribution in [2.24, 2.45) is 0 Å². The third kappa shape index (κ3) is 5.51. The smallest absolute Gasteiger partial charge is 0.252 e. The molecule has 4 nitrogen and oxygen atoms in total. The average Bonchev–Trinajstić information content (AvgIpc) is 2.40. The van der Waals surface area contributed by atoms with Crippen LogP contribution in [0.5, 0.6) is 0 Å². The Balaban J connectivity index is 2.32. The molecule has 5 heteroatoms. The number of halogens is 1. The van der Waals surface area contributed by atoms with Gasteiger partial charge in [-0.25, -0.2) is 0 Å². The summed E-state index contributed by atoms with van der Waals surface area (Å²) in [4.78, 5) is 14.3. The van der Waals surface area contributed by atoms with E-state index in [4.69, 9.17) is 5.73 Å². The second-order valence-electron chi connectivity index (χ2n) is 5.28. The summed E-state index contributed by atoms with van der Waals surface area (Å²) in [7, 11) is 2.12. The number of carbonyl (C=O) groups is 1.